The number of benzene rings is 3. The Bertz CT molecular complexity index is 1120. The Balaban J connectivity index is 1.74. The molecule has 5 heteroatoms. The van der Waals surface area contributed by atoms with Crippen molar-refractivity contribution in [2.75, 3.05) is 5.32 Å². The summed E-state index contributed by atoms with van der Waals surface area (Å²) in [5.41, 5.74) is 3.90. The molecule has 1 N–H and O–H groups in total. The van der Waals surface area contributed by atoms with Gasteiger partial charge in [-0.15, -0.1) is 0 Å². The Morgan fingerprint density at radius 3 is 2.39 bits per heavy atom. The van der Waals surface area contributed by atoms with Gasteiger partial charge in [-0.05, 0) is 37.3 Å². The Morgan fingerprint density at radius 2 is 1.68 bits per heavy atom. The van der Waals surface area contributed by atoms with Crippen LogP contribution in [0.4, 0.5) is 10.2 Å². The van der Waals surface area contributed by atoms with Gasteiger partial charge in [-0.2, -0.15) is 5.10 Å². The highest BCUT2D eigenvalue weighted by Gasteiger charge is 2.15. The molecule has 28 heavy (non-hydrogen) atoms. The van der Waals surface area contributed by atoms with E-state index in [1.165, 1.54) is 18.2 Å². The van der Waals surface area contributed by atoms with E-state index in [0.717, 1.165) is 22.5 Å². The zero-order valence-electron chi connectivity index (χ0n) is 15.3. The van der Waals surface area contributed by atoms with Crippen LogP contribution in [0.25, 0.3) is 16.9 Å². The van der Waals surface area contributed by atoms with Gasteiger partial charge in [0, 0.05) is 17.2 Å². The second-order valence-corrected chi connectivity index (χ2v) is 6.49. The first kappa shape index (κ1) is 17.7. The van der Waals surface area contributed by atoms with E-state index in [4.69, 9.17) is 0 Å². The average molecular weight is 371 g/mol. The maximum Gasteiger partial charge on any atom is 0.256 e. The van der Waals surface area contributed by atoms with Crippen molar-refractivity contribution in [3.63, 3.8) is 0 Å². The number of nitrogens with one attached hydrogen (secondary N) is 1. The Morgan fingerprint density at radius 1 is 0.929 bits per heavy atom. The number of rotatable bonds is 4. The lowest BCUT2D eigenvalue weighted by Gasteiger charge is -2.09. The molecule has 0 saturated heterocycles. The van der Waals surface area contributed by atoms with Gasteiger partial charge in [-0.3, -0.25) is 4.79 Å². The molecule has 0 atom stereocenters. The number of amides is 1. The number of aromatic nitrogens is 2. The number of nitrogens with zero attached hydrogens (tertiary/aromatic N) is 2. The van der Waals surface area contributed by atoms with E-state index in [9.17, 15) is 9.18 Å². The third kappa shape index (κ3) is 3.69. The molecule has 138 valence electrons. The van der Waals surface area contributed by atoms with Crippen molar-refractivity contribution in [1.82, 2.24) is 9.78 Å². The van der Waals surface area contributed by atoms with Crippen molar-refractivity contribution in [2.24, 2.45) is 0 Å². The second kappa shape index (κ2) is 7.48. The number of aryl methyl sites for hydroxylation is 1. The average Bonchev–Trinajstić information content (AvgIpc) is 3.13. The van der Waals surface area contributed by atoms with Crippen LogP contribution in [0.2, 0.25) is 0 Å². The van der Waals surface area contributed by atoms with E-state index in [1.807, 2.05) is 67.6 Å². The van der Waals surface area contributed by atoms with Crippen LogP contribution in [-0.4, -0.2) is 15.7 Å². The van der Waals surface area contributed by atoms with Crippen molar-refractivity contribution in [3.8, 4) is 16.9 Å². The second-order valence-electron chi connectivity index (χ2n) is 6.49. The van der Waals surface area contributed by atoms with Crippen molar-refractivity contribution in [2.45, 2.75) is 6.92 Å². The molecule has 3 aromatic carbocycles. The SMILES string of the molecule is Cc1ccc(-c2cc(NC(=O)c3cccc(F)c3)n(-c3ccccc3)n2)cc1. The van der Waals surface area contributed by atoms with E-state index in [0.29, 0.717) is 5.82 Å². The van der Waals surface area contributed by atoms with Crippen molar-refractivity contribution in [3.05, 3.63) is 102 Å². The molecule has 0 spiro atoms. The lowest BCUT2D eigenvalue weighted by molar-refractivity contribution is 0.102. The molecule has 0 aliphatic heterocycles. The number of carbonyl (C=O) groups is 1. The summed E-state index contributed by atoms with van der Waals surface area (Å²) in [6.45, 7) is 2.02. The number of anilines is 1. The van der Waals surface area contributed by atoms with Gasteiger partial charge >= 0.3 is 0 Å². The first-order valence-corrected chi connectivity index (χ1v) is 8.89. The standard InChI is InChI=1S/C23H18FN3O/c1-16-10-12-17(13-11-16)21-15-22(27(26-21)20-8-3-2-4-9-20)25-23(28)18-6-5-7-19(24)14-18/h2-15H,1H3,(H,25,28). The van der Waals surface area contributed by atoms with Gasteiger partial charge in [0.15, 0.2) is 0 Å². The lowest BCUT2D eigenvalue weighted by Crippen LogP contribution is -2.15. The summed E-state index contributed by atoms with van der Waals surface area (Å²) in [7, 11) is 0. The van der Waals surface area contributed by atoms with Crippen LogP contribution in [0.5, 0.6) is 0 Å². The quantitative estimate of drug-likeness (QED) is 0.533. The highest BCUT2D eigenvalue weighted by Crippen LogP contribution is 2.25. The molecule has 1 heterocycles. The fourth-order valence-electron chi connectivity index (χ4n) is 2.92. The first-order valence-electron chi connectivity index (χ1n) is 8.89. The van der Waals surface area contributed by atoms with E-state index in [2.05, 4.69) is 10.4 Å². The maximum absolute atomic E-state index is 13.5. The molecular weight excluding hydrogens is 353 g/mol. The Hall–Kier alpha value is -3.73. The monoisotopic (exact) mass is 371 g/mol. The van der Waals surface area contributed by atoms with Gasteiger partial charge < -0.3 is 5.32 Å². The normalized spacial score (nSPS) is 10.6. The molecule has 4 rings (SSSR count). The minimum absolute atomic E-state index is 0.248. The van der Waals surface area contributed by atoms with Gasteiger partial charge in [-0.25, -0.2) is 9.07 Å². The summed E-state index contributed by atoms with van der Waals surface area (Å²) in [5.74, 6) is -0.340. The van der Waals surface area contributed by atoms with E-state index in [1.54, 1.807) is 10.7 Å². The summed E-state index contributed by atoms with van der Waals surface area (Å²) in [4.78, 5) is 12.6. The molecule has 0 saturated carbocycles. The smallest absolute Gasteiger partial charge is 0.256 e. The minimum Gasteiger partial charge on any atom is -0.306 e. The summed E-state index contributed by atoms with van der Waals surface area (Å²) in [5, 5.41) is 7.52. The highest BCUT2D eigenvalue weighted by atomic mass is 19.1. The Kier molecular flexibility index (Phi) is 4.72. The number of carbonyl (C=O) groups excluding carboxylic acids is 1. The van der Waals surface area contributed by atoms with E-state index in [-0.39, 0.29) is 5.56 Å². The number of hydrogen-bond acceptors (Lipinski definition) is 2. The summed E-state index contributed by atoms with van der Waals surface area (Å²) in [6.07, 6.45) is 0. The van der Waals surface area contributed by atoms with Crippen LogP contribution in [0.3, 0.4) is 0 Å². The predicted molar refractivity (Wildman–Crippen MR) is 108 cm³/mol. The molecule has 1 aromatic heterocycles. The molecular formula is C23H18FN3O. The fourth-order valence-corrected chi connectivity index (χ4v) is 2.92. The topological polar surface area (TPSA) is 46.9 Å². The van der Waals surface area contributed by atoms with Gasteiger partial charge in [-0.1, -0.05) is 54.1 Å². The first-order chi connectivity index (χ1) is 13.6. The van der Waals surface area contributed by atoms with Crippen LogP contribution >= 0.6 is 0 Å². The van der Waals surface area contributed by atoms with Crippen molar-refractivity contribution >= 4 is 11.7 Å². The number of hydrogen-bond donors (Lipinski definition) is 1. The number of halogens is 1. The summed E-state index contributed by atoms with van der Waals surface area (Å²) in [6, 6.07) is 25.0. The van der Waals surface area contributed by atoms with Crippen LogP contribution in [0, 0.1) is 12.7 Å². The largest absolute Gasteiger partial charge is 0.306 e. The molecule has 1 amide bonds. The molecule has 0 aliphatic carbocycles. The predicted octanol–water partition coefficient (Wildman–Crippen LogP) is 5.24. The van der Waals surface area contributed by atoms with E-state index < -0.39 is 11.7 Å². The minimum atomic E-state index is -0.454. The fraction of sp³-hybridized carbons (Fsp3) is 0.0435. The molecule has 4 aromatic rings. The molecule has 0 bridgehead atoms. The van der Waals surface area contributed by atoms with Gasteiger partial charge in [0.25, 0.3) is 5.91 Å². The Labute approximate surface area is 162 Å². The van der Waals surface area contributed by atoms with Crippen LogP contribution in [0.1, 0.15) is 15.9 Å². The summed E-state index contributed by atoms with van der Waals surface area (Å²) >= 11 is 0. The third-order valence-electron chi connectivity index (χ3n) is 4.39. The van der Waals surface area contributed by atoms with Crippen molar-refractivity contribution in [1.29, 1.82) is 0 Å². The molecule has 4 nitrogen and oxygen atoms in total. The van der Waals surface area contributed by atoms with Gasteiger partial charge in [0.05, 0.1) is 11.4 Å². The van der Waals surface area contributed by atoms with Crippen LogP contribution in [0.15, 0.2) is 84.9 Å². The molecule has 0 aliphatic rings. The maximum atomic E-state index is 13.5. The third-order valence-corrected chi connectivity index (χ3v) is 4.39. The van der Waals surface area contributed by atoms with Gasteiger partial charge in [0.2, 0.25) is 0 Å². The molecule has 0 fully saturated rings. The zero-order chi connectivity index (χ0) is 19.5. The molecule has 0 unspecified atom stereocenters. The zero-order valence-corrected chi connectivity index (χ0v) is 15.3. The van der Waals surface area contributed by atoms with Crippen LogP contribution in [-0.2, 0) is 0 Å². The number of para-hydroxylation sites is 1. The lowest BCUT2D eigenvalue weighted by atomic mass is 10.1. The van der Waals surface area contributed by atoms with Gasteiger partial charge in [0.1, 0.15) is 11.6 Å². The van der Waals surface area contributed by atoms with Crippen molar-refractivity contribution < 1.29 is 9.18 Å². The molecule has 0 radical (unpaired) electrons. The van der Waals surface area contributed by atoms with Crippen LogP contribution < -0.4 is 5.32 Å². The van der Waals surface area contributed by atoms with E-state index >= 15 is 0 Å². The summed E-state index contributed by atoms with van der Waals surface area (Å²) < 4.78 is 15.1. The highest BCUT2D eigenvalue weighted by molar-refractivity contribution is 6.04.